The molecule has 1 N–H and O–H groups in total. The molecule has 6 heteroatoms. The number of sulfonamides is 1. The average Bonchev–Trinajstić information content (AvgIpc) is 2.50. The fourth-order valence-electron chi connectivity index (χ4n) is 2.20. The van der Waals surface area contributed by atoms with Crippen molar-refractivity contribution in [3.05, 3.63) is 64.7 Å². The first-order chi connectivity index (χ1) is 10.9. The maximum atomic E-state index is 12.3. The second kappa shape index (κ2) is 7.81. The molecule has 0 heterocycles. The summed E-state index contributed by atoms with van der Waals surface area (Å²) in [7, 11) is -3.44. The number of hydrogen-bond acceptors (Lipinski definition) is 3. The SMILES string of the molecule is CCOc1ccc([C@H](C)NS(=O)(=O)Cc2ccc(Cl)cc2)cc1. The molecule has 1 atom stereocenters. The van der Waals surface area contributed by atoms with Gasteiger partial charge < -0.3 is 4.74 Å². The summed E-state index contributed by atoms with van der Waals surface area (Å²) in [6, 6.07) is 13.9. The number of benzene rings is 2. The Labute approximate surface area is 142 Å². The molecule has 2 rings (SSSR count). The molecular formula is C17H20ClNO3S. The van der Waals surface area contributed by atoms with E-state index in [1.54, 1.807) is 24.3 Å². The van der Waals surface area contributed by atoms with Crippen LogP contribution in [-0.4, -0.2) is 15.0 Å². The van der Waals surface area contributed by atoms with Crippen molar-refractivity contribution in [2.24, 2.45) is 0 Å². The van der Waals surface area contributed by atoms with Crippen LogP contribution in [0.3, 0.4) is 0 Å². The van der Waals surface area contributed by atoms with Crippen LogP contribution in [0.1, 0.15) is 31.0 Å². The molecule has 0 fully saturated rings. The Morgan fingerprint density at radius 3 is 2.26 bits per heavy atom. The Morgan fingerprint density at radius 1 is 1.09 bits per heavy atom. The third kappa shape index (κ3) is 5.53. The summed E-state index contributed by atoms with van der Waals surface area (Å²) < 4.78 is 32.6. The predicted molar refractivity (Wildman–Crippen MR) is 93.2 cm³/mol. The molecule has 0 bridgehead atoms. The Hall–Kier alpha value is -1.56. The number of ether oxygens (including phenoxy) is 1. The molecule has 23 heavy (non-hydrogen) atoms. The molecular weight excluding hydrogens is 334 g/mol. The van der Waals surface area contributed by atoms with Gasteiger partial charge in [-0.15, -0.1) is 0 Å². The van der Waals surface area contributed by atoms with Gasteiger partial charge in [0, 0.05) is 11.1 Å². The maximum absolute atomic E-state index is 12.3. The zero-order valence-electron chi connectivity index (χ0n) is 13.1. The van der Waals surface area contributed by atoms with Crippen molar-refractivity contribution >= 4 is 21.6 Å². The van der Waals surface area contributed by atoms with Gasteiger partial charge in [0.1, 0.15) is 5.75 Å². The molecule has 2 aromatic rings. The second-order valence-electron chi connectivity index (χ2n) is 5.23. The minimum Gasteiger partial charge on any atom is -0.494 e. The summed E-state index contributed by atoms with van der Waals surface area (Å²) in [5, 5.41) is 0.585. The average molecular weight is 354 g/mol. The van der Waals surface area contributed by atoms with Crippen LogP contribution in [0.5, 0.6) is 5.75 Å². The van der Waals surface area contributed by atoms with Crippen molar-refractivity contribution in [3.63, 3.8) is 0 Å². The van der Waals surface area contributed by atoms with Crippen molar-refractivity contribution < 1.29 is 13.2 Å². The van der Waals surface area contributed by atoms with Gasteiger partial charge in [-0.3, -0.25) is 0 Å². The van der Waals surface area contributed by atoms with E-state index in [1.165, 1.54) is 0 Å². The number of nitrogens with one attached hydrogen (secondary N) is 1. The summed E-state index contributed by atoms with van der Waals surface area (Å²) in [6.07, 6.45) is 0. The van der Waals surface area contributed by atoms with E-state index in [2.05, 4.69) is 4.72 Å². The predicted octanol–water partition coefficient (Wildman–Crippen LogP) is 3.92. The third-order valence-electron chi connectivity index (χ3n) is 3.32. The molecule has 2 aromatic carbocycles. The molecule has 0 saturated heterocycles. The van der Waals surface area contributed by atoms with Crippen molar-refractivity contribution in [2.75, 3.05) is 6.61 Å². The fraction of sp³-hybridized carbons (Fsp3) is 0.294. The van der Waals surface area contributed by atoms with Crippen LogP contribution in [0.25, 0.3) is 0 Å². The molecule has 0 amide bonds. The van der Waals surface area contributed by atoms with Gasteiger partial charge in [-0.2, -0.15) is 0 Å². The largest absolute Gasteiger partial charge is 0.494 e. The molecule has 0 radical (unpaired) electrons. The van der Waals surface area contributed by atoms with Gasteiger partial charge in [0.05, 0.1) is 12.4 Å². The topological polar surface area (TPSA) is 55.4 Å². The van der Waals surface area contributed by atoms with Crippen LogP contribution in [-0.2, 0) is 15.8 Å². The lowest BCUT2D eigenvalue weighted by Crippen LogP contribution is -2.28. The quantitative estimate of drug-likeness (QED) is 0.820. The number of rotatable bonds is 7. The first kappa shape index (κ1) is 17.8. The highest BCUT2D eigenvalue weighted by Gasteiger charge is 2.16. The van der Waals surface area contributed by atoms with Crippen molar-refractivity contribution in [1.82, 2.24) is 4.72 Å². The molecule has 0 aliphatic heterocycles. The van der Waals surface area contributed by atoms with Gasteiger partial charge in [-0.1, -0.05) is 35.9 Å². The molecule has 0 aromatic heterocycles. The van der Waals surface area contributed by atoms with E-state index in [4.69, 9.17) is 16.3 Å². The summed E-state index contributed by atoms with van der Waals surface area (Å²) >= 11 is 5.81. The third-order valence-corrected chi connectivity index (χ3v) is 5.00. The first-order valence-corrected chi connectivity index (χ1v) is 9.40. The Morgan fingerprint density at radius 2 is 1.70 bits per heavy atom. The maximum Gasteiger partial charge on any atom is 0.216 e. The number of hydrogen-bond donors (Lipinski definition) is 1. The van der Waals surface area contributed by atoms with Gasteiger partial charge in [0.25, 0.3) is 0 Å². The minimum absolute atomic E-state index is 0.0778. The summed E-state index contributed by atoms with van der Waals surface area (Å²) in [5.41, 5.74) is 1.58. The van der Waals surface area contributed by atoms with Gasteiger partial charge in [-0.25, -0.2) is 13.1 Å². The normalized spacial score (nSPS) is 12.8. The second-order valence-corrected chi connectivity index (χ2v) is 7.42. The Balaban J connectivity index is 2.02. The highest BCUT2D eigenvalue weighted by Crippen LogP contribution is 2.19. The van der Waals surface area contributed by atoms with Crippen LogP contribution < -0.4 is 9.46 Å². The summed E-state index contributed by atoms with van der Waals surface area (Å²) in [6.45, 7) is 4.33. The minimum atomic E-state index is -3.44. The number of halogens is 1. The summed E-state index contributed by atoms with van der Waals surface area (Å²) in [4.78, 5) is 0. The van der Waals surface area contributed by atoms with E-state index in [0.29, 0.717) is 17.2 Å². The molecule has 124 valence electrons. The highest BCUT2D eigenvalue weighted by atomic mass is 35.5. The Kier molecular flexibility index (Phi) is 6.04. The van der Waals surface area contributed by atoms with Gasteiger partial charge in [-0.05, 0) is 49.2 Å². The van der Waals surface area contributed by atoms with Crippen LogP contribution in [0, 0.1) is 0 Å². The molecule has 0 spiro atoms. The van der Waals surface area contributed by atoms with Crippen LogP contribution in [0.15, 0.2) is 48.5 Å². The van der Waals surface area contributed by atoms with Crippen molar-refractivity contribution in [2.45, 2.75) is 25.6 Å². The van der Waals surface area contributed by atoms with E-state index < -0.39 is 10.0 Å². The smallest absolute Gasteiger partial charge is 0.216 e. The first-order valence-electron chi connectivity index (χ1n) is 7.37. The molecule has 0 saturated carbocycles. The fourth-order valence-corrected chi connectivity index (χ4v) is 3.71. The van der Waals surface area contributed by atoms with E-state index >= 15 is 0 Å². The molecule has 0 aliphatic carbocycles. The van der Waals surface area contributed by atoms with E-state index in [9.17, 15) is 8.42 Å². The van der Waals surface area contributed by atoms with E-state index in [-0.39, 0.29) is 11.8 Å². The van der Waals surface area contributed by atoms with E-state index in [1.807, 2.05) is 38.1 Å². The van der Waals surface area contributed by atoms with Crippen LogP contribution >= 0.6 is 11.6 Å². The van der Waals surface area contributed by atoms with E-state index in [0.717, 1.165) is 11.3 Å². The van der Waals surface area contributed by atoms with Gasteiger partial charge in [0.15, 0.2) is 0 Å². The van der Waals surface area contributed by atoms with Crippen LogP contribution in [0.4, 0.5) is 0 Å². The van der Waals surface area contributed by atoms with Crippen molar-refractivity contribution in [1.29, 1.82) is 0 Å². The van der Waals surface area contributed by atoms with Gasteiger partial charge in [0.2, 0.25) is 10.0 Å². The molecule has 4 nitrogen and oxygen atoms in total. The Bertz CT molecular complexity index is 727. The van der Waals surface area contributed by atoms with Gasteiger partial charge >= 0.3 is 0 Å². The van der Waals surface area contributed by atoms with Crippen molar-refractivity contribution in [3.8, 4) is 5.75 Å². The lowest BCUT2D eigenvalue weighted by atomic mass is 10.1. The summed E-state index contributed by atoms with van der Waals surface area (Å²) in [5.74, 6) is 0.693. The monoisotopic (exact) mass is 353 g/mol. The lowest BCUT2D eigenvalue weighted by Gasteiger charge is -2.15. The standard InChI is InChI=1S/C17H20ClNO3S/c1-3-22-17-10-6-15(7-11-17)13(2)19-23(20,21)12-14-4-8-16(18)9-5-14/h4-11,13,19H,3,12H2,1-2H3/t13-/m0/s1. The molecule has 0 aliphatic rings. The lowest BCUT2D eigenvalue weighted by molar-refractivity contribution is 0.340. The highest BCUT2D eigenvalue weighted by molar-refractivity contribution is 7.88. The zero-order chi connectivity index (χ0) is 16.9. The van der Waals surface area contributed by atoms with Crippen LogP contribution in [0.2, 0.25) is 5.02 Å². The molecule has 0 unspecified atom stereocenters. The zero-order valence-corrected chi connectivity index (χ0v) is 14.7.